The second-order valence-electron chi connectivity index (χ2n) is 9.34. The van der Waals surface area contributed by atoms with Crippen LogP contribution in [-0.2, 0) is 17.7 Å². The van der Waals surface area contributed by atoms with Crippen LogP contribution >= 0.6 is 22.9 Å². The molecule has 4 heterocycles. The fourth-order valence-electron chi connectivity index (χ4n) is 5.13. The smallest absolute Gasteiger partial charge is 0.275 e. The zero-order chi connectivity index (χ0) is 24.6. The minimum Gasteiger partial charge on any atom is -0.379 e. The van der Waals surface area contributed by atoms with Crippen molar-refractivity contribution in [1.82, 2.24) is 24.0 Å². The number of benzene rings is 1. The third-order valence-electron chi connectivity index (χ3n) is 7.05. The molecule has 0 spiro atoms. The monoisotopic (exact) mass is 521 g/mol. The van der Waals surface area contributed by atoms with Crippen molar-refractivity contribution in [1.29, 1.82) is 0 Å². The first-order valence-corrected chi connectivity index (χ1v) is 13.6. The number of nitrogens with zero attached hydrogens (tertiary/aromatic N) is 5. The van der Waals surface area contributed by atoms with Crippen LogP contribution < -0.4 is 5.56 Å². The summed E-state index contributed by atoms with van der Waals surface area (Å²) in [7, 11) is 0. The lowest BCUT2D eigenvalue weighted by atomic mass is 10.0. The van der Waals surface area contributed by atoms with Crippen LogP contribution in [0.2, 0.25) is 5.02 Å². The highest BCUT2D eigenvalue weighted by Crippen LogP contribution is 2.32. The Bertz CT molecular complexity index is 1500. The molecule has 2 aliphatic rings. The number of hydrogen-bond acceptors (Lipinski definition) is 6. The van der Waals surface area contributed by atoms with Crippen LogP contribution in [0.5, 0.6) is 0 Å². The largest absolute Gasteiger partial charge is 0.379 e. The summed E-state index contributed by atoms with van der Waals surface area (Å²) < 4.78 is 10.2. The quantitative estimate of drug-likeness (QED) is 0.359. The van der Waals surface area contributed by atoms with Crippen molar-refractivity contribution in [2.24, 2.45) is 0 Å². The van der Waals surface area contributed by atoms with Gasteiger partial charge in [0.15, 0.2) is 0 Å². The van der Waals surface area contributed by atoms with Crippen molar-refractivity contribution in [3.63, 3.8) is 0 Å². The molecule has 0 atom stereocenters. The molecule has 0 radical (unpaired) electrons. The molecule has 1 aliphatic carbocycles. The highest BCUT2D eigenvalue weighted by molar-refractivity contribution is 7.22. The Kier molecular flexibility index (Phi) is 6.52. The molecule has 6 rings (SSSR count). The molecule has 1 saturated heterocycles. The molecule has 0 saturated carbocycles. The lowest BCUT2D eigenvalue weighted by Gasteiger charge is -2.26. The van der Waals surface area contributed by atoms with Gasteiger partial charge in [-0.25, -0.2) is 9.97 Å². The van der Waals surface area contributed by atoms with Gasteiger partial charge in [0.1, 0.15) is 16.9 Å². The summed E-state index contributed by atoms with van der Waals surface area (Å²) in [5.41, 5.74) is 4.91. The number of hydrogen-bond donors (Lipinski definition) is 0. The van der Waals surface area contributed by atoms with E-state index in [0.717, 1.165) is 91.8 Å². The van der Waals surface area contributed by atoms with E-state index in [9.17, 15) is 4.79 Å². The van der Waals surface area contributed by atoms with Crippen LogP contribution in [-0.4, -0.2) is 56.9 Å². The van der Waals surface area contributed by atoms with Crippen LogP contribution in [0, 0.1) is 6.92 Å². The minimum atomic E-state index is -0.0263. The molecule has 1 aromatic carbocycles. The molecule has 1 fully saturated rings. The number of halogens is 1. The molecule has 0 N–H and O–H groups in total. The van der Waals surface area contributed by atoms with E-state index in [0.29, 0.717) is 9.72 Å². The number of ether oxygens (including phenoxy) is 1. The molecule has 0 bridgehead atoms. The molecular weight excluding hydrogens is 494 g/mol. The number of aromatic nitrogens is 4. The molecule has 9 heteroatoms. The highest BCUT2D eigenvalue weighted by atomic mass is 35.5. The van der Waals surface area contributed by atoms with Gasteiger partial charge < -0.3 is 9.30 Å². The van der Waals surface area contributed by atoms with Crippen LogP contribution in [0.3, 0.4) is 0 Å². The van der Waals surface area contributed by atoms with Crippen molar-refractivity contribution in [2.45, 2.75) is 32.7 Å². The first-order valence-electron chi connectivity index (χ1n) is 12.4. The SMILES string of the molecule is Cc1nc2c(n1CCCN1CCOCC1)CCC(n1cnc3cc(-c4ccc(Cl)cc4)sc3c1=O)=C2. The van der Waals surface area contributed by atoms with E-state index >= 15 is 0 Å². The van der Waals surface area contributed by atoms with Gasteiger partial charge in [-0.2, -0.15) is 0 Å². The van der Waals surface area contributed by atoms with Gasteiger partial charge in [0.2, 0.25) is 0 Å². The highest BCUT2D eigenvalue weighted by Gasteiger charge is 2.21. The van der Waals surface area contributed by atoms with Gasteiger partial charge >= 0.3 is 0 Å². The van der Waals surface area contributed by atoms with Crippen molar-refractivity contribution in [3.8, 4) is 10.4 Å². The Balaban J connectivity index is 1.25. The summed E-state index contributed by atoms with van der Waals surface area (Å²) in [5.74, 6) is 1.03. The van der Waals surface area contributed by atoms with Crippen molar-refractivity contribution >= 4 is 44.9 Å². The van der Waals surface area contributed by atoms with Crippen LogP contribution in [0.15, 0.2) is 41.5 Å². The van der Waals surface area contributed by atoms with Gasteiger partial charge in [-0.1, -0.05) is 23.7 Å². The maximum Gasteiger partial charge on any atom is 0.275 e. The molecule has 0 unspecified atom stereocenters. The number of aryl methyl sites for hydroxylation is 1. The number of morpholine rings is 1. The number of thiophene rings is 1. The second kappa shape index (κ2) is 9.94. The van der Waals surface area contributed by atoms with E-state index in [1.165, 1.54) is 17.0 Å². The van der Waals surface area contributed by atoms with E-state index in [-0.39, 0.29) is 5.56 Å². The zero-order valence-electron chi connectivity index (χ0n) is 20.2. The lowest BCUT2D eigenvalue weighted by molar-refractivity contribution is 0.0369. The summed E-state index contributed by atoms with van der Waals surface area (Å²) in [4.78, 5) is 26.4. The number of rotatable bonds is 6. The lowest BCUT2D eigenvalue weighted by Crippen LogP contribution is -2.37. The van der Waals surface area contributed by atoms with Gasteiger partial charge in [0.05, 0.1) is 24.4 Å². The van der Waals surface area contributed by atoms with Crippen molar-refractivity contribution in [2.75, 3.05) is 32.8 Å². The Morgan fingerprint density at radius 1 is 1.11 bits per heavy atom. The fourth-order valence-corrected chi connectivity index (χ4v) is 6.30. The van der Waals surface area contributed by atoms with E-state index in [1.807, 2.05) is 30.3 Å². The summed E-state index contributed by atoms with van der Waals surface area (Å²) in [5, 5.41) is 0.693. The topological polar surface area (TPSA) is 65.2 Å². The van der Waals surface area contributed by atoms with Gasteiger partial charge in [-0.05, 0) is 56.0 Å². The van der Waals surface area contributed by atoms with Gasteiger partial charge in [0, 0.05) is 47.5 Å². The first kappa shape index (κ1) is 23.6. The van der Waals surface area contributed by atoms with Crippen molar-refractivity contribution < 1.29 is 4.74 Å². The van der Waals surface area contributed by atoms with Crippen LogP contribution in [0.25, 0.3) is 32.4 Å². The Morgan fingerprint density at radius 3 is 2.72 bits per heavy atom. The predicted octanol–water partition coefficient (Wildman–Crippen LogP) is 4.95. The molecule has 4 aromatic rings. The standard InChI is InChI=1S/C27H28ClN5O2S/c1-18-30-22-15-21(7-8-24(22)32(18)10-2-9-31-11-13-35-14-12-31)33-17-29-23-16-25(36-26(23)27(33)34)19-3-5-20(28)6-4-19/h3-6,15-17H,2,7-14H2,1H3. The molecule has 3 aromatic heterocycles. The molecule has 186 valence electrons. The molecular formula is C27H28ClN5O2S. The van der Waals surface area contributed by atoms with E-state index in [1.54, 1.807) is 10.9 Å². The minimum absolute atomic E-state index is 0.0263. The summed E-state index contributed by atoms with van der Waals surface area (Å²) >= 11 is 7.51. The number of allylic oxidation sites excluding steroid dienone is 1. The van der Waals surface area contributed by atoms with Crippen molar-refractivity contribution in [3.05, 3.63) is 69.2 Å². The van der Waals surface area contributed by atoms with E-state index in [2.05, 4.69) is 27.5 Å². The Hall–Kier alpha value is -2.78. The average Bonchev–Trinajstić information content (AvgIpc) is 3.46. The van der Waals surface area contributed by atoms with Crippen LogP contribution in [0.4, 0.5) is 0 Å². The summed E-state index contributed by atoms with van der Waals surface area (Å²) in [6.45, 7) is 7.82. The molecule has 36 heavy (non-hydrogen) atoms. The first-order chi connectivity index (χ1) is 17.6. The average molecular weight is 522 g/mol. The molecule has 7 nitrogen and oxygen atoms in total. The van der Waals surface area contributed by atoms with Gasteiger partial charge in [-0.15, -0.1) is 11.3 Å². The third kappa shape index (κ3) is 4.54. The maximum atomic E-state index is 13.4. The predicted molar refractivity (Wildman–Crippen MR) is 146 cm³/mol. The second-order valence-corrected chi connectivity index (χ2v) is 10.8. The van der Waals surface area contributed by atoms with Gasteiger partial charge in [0.25, 0.3) is 5.56 Å². The Labute approximate surface area is 218 Å². The van der Waals surface area contributed by atoms with E-state index in [4.69, 9.17) is 21.3 Å². The third-order valence-corrected chi connectivity index (χ3v) is 8.46. The normalized spacial score (nSPS) is 16.3. The maximum absolute atomic E-state index is 13.4. The molecule has 1 aliphatic heterocycles. The van der Waals surface area contributed by atoms with Crippen LogP contribution in [0.1, 0.15) is 30.1 Å². The van der Waals surface area contributed by atoms with E-state index < -0.39 is 0 Å². The number of imidazole rings is 1. The van der Waals surface area contributed by atoms with Gasteiger partial charge in [-0.3, -0.25) is 14.3 Å². The summed E-state index contributed by atoms with van der Waals surface area (Å²) in [6, 6.07) is 9.64. The Morgan fingerprint density at radius 2 is 1.92 bits per heavy atom. The zero-order valence-corrected chi connectivity index (χ0v) is 21.8. The summed E-state index contributed by atoms with van der Waals surface area (Å²) in [6.07, 6.45) is 6.46. The number of fused-ring (bicyclic) bond motifs is 2. The fraction of sp³-hybridized carbons (Fsp3) is 0.370. The molecule has 0 amide bonds.